The van der Waals surface area contributed by atoms with Crippen molar-refractivity contribution in [3.05, 3.63) is 23.8 Å². The molecule has 1 aromatic rings. The van der Waals surface area contributed by atoms with Gasteiger partial charge in [-0.25, -0.2) is 0 Å². The van der Waals surface area contributed by atoms with E-state index >= 15 is 0 Å². The molecule has 0 saturated carbocycles. The van der Waals surface area contributed by atoms with Gasteiger partial charge in [0.05, 0.1) is 25.3 Å². The number of nitrogens with zero attached hydrogens (tertiary/aromatic N) is 1. The first-order chi connectivity index (χ1) is 10.1. The minimum Gasteiger partial charge on any atom is -0.496 e. The van der Waals surface area contributed by atoms with Gasteiger partial charge in [-0.2, -0.15) is 0 Å². The van der Waals surface area contributed by atoms with Crippen LogP contribution in [0.2, 0.25) is 0 Å². The van der Waals surface area contributed by atoms with Crippen molar-refractivity contribution in [1.82, 2.24) is 10.2 Å². The van der Waals surface area contributed by atoms with Crippen LogP contribution in [0.4, 0.5) is 0 Å². The number of rotatable bonds is 6. The van der Waals surface area contributed by atoms with Crippen LogP contribution in [-0.2, 0) is 0 Å². The molecule has 0 spiro atoms. The molecule has 1 aliphatic heterocycles. The molecule has 2 rings (SSSR count). The van der Waals surface area contributed by atoms with E-state index in [1.165, 1.54) is 0 Å². The van der Waals surface area contributed by atoms with Crippen LogP contribution in [0.3, 0.4) is 0 Å². The zero-order valence-corrected chi connectivity index (χ0v) is 13.0. The fourth-order valence-corrected chi connectivity index (χ4v) is 2.41. The van der Waals surface area contributed by atoms with Crippen molar-refractivity contribution in [2.45, 2.75) is 20.0 Å². The summed E-state index contributed by atoms with van der Waals surface area (Å²) >= 11 is 0. The summed E-state index contributed by atoms with van der Waals surface area (Å²) in [6.45, 7) is 8.01. The molecule has 1 aromatic carbocycles. The molecule has 116 valence electrons. The number of nitrogens with one attached hydrogen (secondary N) is 1. The Hall–Kier alpha value is -1.59. The van der Waals surface area contributed by atoms with Gasteiger partial charge in [0.1, 0.15) is 11.5 Å². The van der Waals surface area contributed by atoms with E-state index in [4.69, 9.17) is 9.47 Å². The monoisotopic (exact) mass is 292 g/mol. The molecule has 1 saturated heterocycles. The SMILES string of the molecule is COc1ccc(OC(C)C)cc1C(=O)CN1CCNCC1. The number of carbonyl (C=O) groups is 1. The third kappa shape index (κ3) is 4.44. The van der Waals surface area contributed by atoms with E-state index in [1.54, 1.807) is 19.2 Å². The Labute approximate surface area is 126 Å². The number of benzene rings is 1. The van der Waals surface area contributed by atoms with Crippen LogP contribution in [0.15, 0.2) is 18.2 Å². The topological polar surface area (TPSA) is 50.8 Å². The van der Waals surface area contributed by atoms with Crippen molar-refractivity contribution in [3.63, 3.8) is 0 Å². The van der Waals surface area contributed by atoms with E-state index in [2.05, 4.69) is 10.2 Å². The normalized spacial score (nSPS) is 16.0. The molecular formula is C16H24N2O3. The van der Waals surface area contributed by atoms with Crippen LogP contribution < -0.4 is 14.8 Å². The maximum atomic E-state index is 12.5. The Kier molecular flexibility index (Phi) is 5.59. The van der Waals surface area contributed by atoms with E-state index < -0.39 is 0 Å². The van der Waals surface area contributed by atoms with Crippen LogP contribution in [0.25, 0.3) is 0 Å². The summed E-state index contributed by atoms with van der Waals surface area (Å²) in [5.74, 6) is 1.38. The molecule has 0 bridgehead atoms. The summed E-state index contributed by atoms with van der Waals surface area (Å²) in [6, 6.07) is 5.41. The summed E-state index contributed by atoms with van der Waals surface area (Å²) < 4.78 is 11.0. The van der Waals surface area contributed by atoms with Crippen molar-refractivity contribution in [2.24, 2.45) is 0 Å². The number of piperazine rings is 1. The molecule has 5 nitrogen and oxygen atoms in total. The van der Waals surface area contributed by atoms with Gasteiger partial charge in [-0.1, -0.05) is 0 Å². The average molecular weight is 292 g/mol. The highest BCUT2D eigenvalue weighted by Gasteiger charge is 2.18. The molecule has 5 heteroatoms. The number of hydrogen-bond donors (Lipinski definition) is 1. The Morgan fingerprint density at radius 2 is 2.05 bits per heavy atom. The van der Waals surface area contributed by atoms with Crippen LogP contribution in [0.5, 0.6) is 11.5 Å². The first-order valence-corrected chi connectivity index (χ1v) is 7.41. The molecule has 0 atom stereocenters. The van der Waals surface area contributed by atoms with Crippen LogP contribution in [0, 0.1) is 0 Å². The molecule has 1 heterocycles. The fourth-order valence-electron chi connectivity index (χ4n) is 2.41. The molecule has 0 unspecified atom stereocenters. The van der Waals surface area contributed by atoms with Gasteiger partial charge in [-0.05, 0) is 32.0 Å². The van der Waals surface area contributed by atoms with E-state index in [0.29, 0.717) is 23.6 Å². The first kappa shape index (κ1) is 15.8. The number of ether oxygens (including phenoxy) is 2. The number of hydrogen-bond acceptors (Lipinski definition) is 5. The second-order valence-corrected chi connectivity index (χ2v) is 5.48. The maximum Gasteiger partial charge on any atom is 0.180 e. The minimum atomic E-state index is 0.0722. The van der Waals surface area contributed by atoms with Crippen molar-refractivity contribution >= 4 is 5.78 Å². The first-order valence-electron chi connectivity index (χ1n) is 7.41. The second kappa shape index (κ2) is 7.43. The second-order valence-electron chi connectivity index (χ2n) is 5.48. The Bertz CT molecular complexity index is 482. The molecule has 1 N–H and O–H groups in total. The van der Waals surface area contributed by atoms with Crippen molar-refractivity contribution in [2.75, 3.05) is 39.8 Å². The standard InChI is InChI=1S/C16H24N2O3/c1-12(2)21-13-4-5-16(20-3)14(10-13)15(19)11-18-8-6-17-7-9-18/h4-5,10,12,17H,6-9,11H2,1-3H3. The van der Waals surface area contributed by atoms with E-state index in [-0.39, 0.29) is 11.9 Å². The zero-order chi connectivity index (χ0) is 15.2. The number of methoxy groups -OCH3 is 1. The lowest BCUT2D eigenvalue weighted by Gasteiger charge is -2.26. The molecule has 0 aliphatic carbocycles. The summed E-state index contributed by atoms with van der Waals surface area (Å²) in [5.41, 5.74) is 0.592. The molecule has 21 heavy (non-hydrogen) atoms. The average Bonchev–Trinajstić information content (AvgIpc) is 2.47. The Morgan fingerprint density at radius 3 is 2.67 bits per heavy atom. The van der Waals surface area contributed by atoms with Gasteiger partial charge in [0, 0.05) is 26.2 Å². The Morgan fingerprint density at radius 1 is 1.33 bits per heavy atom. The summed E-state index contributed by atoms with van der Waals surface area (Å²) in [6.07, 6.45) is 0.0783. The van der Waals surface area contributed by atoms with E-state index in [9.17, 15) is 4.79 Å². The van der Waals surface area contributed by atoms with Gasteiger partial charge in [-0.15, -0.1) is 0 Å². The fraction of sp³-hybridized carbons (Fsp3) is 0.562. The van der Waals surface area contributed by atoms with Gasteiger partial charge in [-0.3, -0.25) is 9.69 Å². The maximum absolute atomic E-state index is 12.5. The van der Waals surface area contributed by atoms with Gasteiger partial charge >= 0.3 is 0 Å². The van der Waals surface area contributed by atoms with Crippen LogP contribution >= 0.6 is 0 Å². The predicted octanol–water partition coefficient (Wildman–Crippen LogP) is 1.57. The number of carbonyl (C=O) groups excluding carboxylic acids is 1. The van der Waals surface area contributed by atoms with Gasteiger partial charge in [0.15, 0.2) is 5.78 Å². The molecule has 0 radical (unpaired) electrons. The third-order valence-corrected chi connectivity index (χ3v) is 3.42. The lowest BCUT2D eigenvalue weighted by molar-refractivity contribution is 0.0917. The lowest BCUT2D eigenvalue weighted by atomic mass is 10.1. The minimum absolute atomic E-state index is 0.0722. The highest BCUT2D eigenvalue weighted by Crippen LogP contribution is 2.25. The summed E-state index contributed by atoms with van der Waals surface area (Å²) in [4.78, 5) is 14.7. The summed E-state index contributed by atoms with van der Waals surface area (Å²) in [5, 5.41) is 3.28. The van der Waals surface area contributed by atoms with Gasteiger partial charge in [0.25, 0.3) is 0 Å². The Balaban J connectivity index is 2.12. The molecule has 1 fully saturated rings. The number of Topliss-reactive ketones (excluding diaryl/α,β-unsaturated/α-hetero) is 1. The zero-order valence-electron chi connectivity index (χ0n) is 13.0. The van der Waals surface area contributed by atoms with Gasteiger partial charge < -0.3 is 14.8 Å². The smallest absolute Gasteiger partial charge is 0.180 e. The third-order valence-electron chi connectivity index (χ3n) is 3.42. The molecule has 1 aliphatic rings. The molecular weight excluding hydrogens is 268 g/mol. The van der Waals surface area contributed by atoms with E-state index in [0.717, 1.165) is 26.2 Å². The van der Waals surface area contributed by atoms with Crippen LogP contribution in [0.1, 0.15) is 24.2 Å². The van der Waals surface area contributed by atoms with Crippen molar-refractivity contribution < 1.29 is 14.3 Å². The number of ketones is 1. The molecule has 0 amide bonds. The van der Waals surface area contributed by atoms with Crippen LogP contribution in [-0.4, -0.2) is 56.6 Å². The van der Waals surface area contributed by atoms with Crippen molar-refractivity contribution in [1.29, 1.82) is 0 Å². The van der Waals surface area contributed by atoms with Crippen molar-refractivity contribution in [3.8, 4) is 11.5 Å². The quantitative estimate of drug-likeness (QED) is 0.807. The highest BCUT2D eigenvalue weighted by molar-refractivity contribution is 6.00. The van der Waals surface area contributed by atoms with E-state index in [1.807, 2.05) is 19.9 Å². The predicted molar refractivity (Wildman–Crippen MR) is 82.4 cm³/mol. The highest BCUT2D eigenvalue weighted by atomic mass is 16.5. The summed E-state index contributed by atoms with van der Waals surface area (Å²) in [7, 11) is 1.58. The van der Waals surface area contributed by atoms with Gasteiger partial charge in [0.2, 0.25) is 0 Å². The molecule has 0 aromatic heterocycles. The lowest BCUT2D eigenvalue weighted by Crippen LogP contribution is -2.45. The largest absolute Gasteiger partial charge is 0.496 e.